The lowest BCUT2D eigenvalue weighted by atomic mass is 9.59. The minimum Gasteiger partial charge on any atom is -0.481 e. The van der Waals surface area contributed by atoms with E-state index in [2.05, 4.69) is 32.6 Å². The summed E-state index contributed by atoms with van der Waals surface area (Å²) in [5.74, 6) is -0.270. The van der Waals surface area contributed by atoms with Gasteiger partial charge in [-0.3, -0.25) is 4.79 Å². The Bertz CT molecular complexity index is 330. The van der Waals surface area contributed by atoms with Gasteiger partial charge in [-0.25, -0.2) is 0 Å². The first-order valence-electron chi connectivity index (χ1n) is 5.81. The van der Waals surface area contributed by atoms with E-state index in [9.17, 15) is 9.90 Å². The Morgan fingerprint density at radius 3 is 2.50 bits per heavy atom. The molecule has 90 valence electrons. The molecule has 0 aromatic rings. The molecule has 0 spiro atoms. The maximum absolute atomic E-state index is 11.5. The largest absolute Gasteiger partial charge is 0.481 e. The molecule has 2 nitrogen and oxygen atoms in total. The van der Waals surface area contributed by atoms with Crippen LogP contribution in [0.4, 0.5) is 0 Å². The second kappa shape index (κ2) is 4.08. The summed E-state index contributed by atoms with van der Waals surface area (Å²) >= 11 is 0. The molecular weight excluding hydrogens is 200 g/mol. The first-order chi connectivity index (χ1) is 7.25. The first-order valence-corrected chi connectivity index (χ1v) is 5.81. The summed E-state index contributed by atoms with van der Waals surface area (Å²) in [4.78, 5) is 11.5. The molecule has 0 saturated heterocycles. The maximum atomic E-state index is 11.5. The van der Waals surface area contributed by atoms with E-state index in [4.69, 9.17) is 0 Å². The molecule has 16 heavy (non-hydrogen) atoms. The van der Waals surface area contributed by atoms with E-state index in [1.807, 2.05) is 19.9 Å². The second-order valence-corrected chi connectivity index (χ2v) is 5.74. The van der Waals surface area contributed by atoms with Gasteiger partial charge in [0.15, 0.2) is 0 Å². The van der Waals surface area contributed by atoms with E-state index in [1.165, 1.54) is 0 Å². The summed E-state index contributed by atoms with van der Waals surface area (Å²) in [6, 6.07) is 0. The molecule has 1 aliphatic carbocycles. The molecule has 0 heterocycles. The van der Waals surface area contributed by atoms with Gasteiger partial charge in [-0.2, -0.15) is 0 Å². The van der Waals surface area contributed by atoms with Crippen molar-refractivity contribution >= 4 is 5.97 Å². The van der Waals surface area contributed by atoms with Gasteiger partial charge in [0.05, 0.1) is 5.41 Å². The van der Waals surface area contributed by atoms with E-state index in [0.717, 1.165) is 0 Å². The molecule has 3 atom stereocenters. The van der Waals surface area contributed by atoms with Crippen molar-refractivity contribution in [2.45, 2.75) is 34.1 Å². The fraction of sp³-hybridized carbons (Fsp3) is 0.643. The lowest BCUT2D eigenvalue weighted by molar-refractivity contribution is -0.153. The van der Waals surface area contributed by atoms with Crippen molar-refractivity contribution in [3.05, 3.63) is 24.8 Å². The Balaban J connectivity index is 3.18. The number of hydrogen-bond donors (Lipinski definition) is 1. The molecule has 1 N–H and O–H groups in total. The molecule has 1 aliphatic rings. The Hall–Kier alpha value is -1.05. The molecule has 0 aromatic carbocycles. The van der Waals surface area contributed by atoms with Crippen molar-refractivity contribution < 1.29 is 9.90 Å². The zero-order chi connectivity index (χ0) is 12.6. The van der Waals surface area contributed by atoms with Gasteiger partial charge in [0, 0.05) is 5.41 Å². The number of hydrogen-bond acceptors (Lipinski definition) is 1. The number of rotatable bonds is 3. The Kier molecular flexibility index (Phi) is 3.32. The van der Waals surface area contributed by atoms with E-state index < -0.39 is 11.4 Å². The summed E-state index contributed by atoms with van der Waals surface area (Å²) in [5, 5.41) is 9.48. The van der Waals surface area contributed by atoms with Crippen LogP contribution in [0, 0.1) is 22.7 Å². The Morgan fingerprint density at radius 1 is 1.56 bits per heavy atom. The van der Waals surface area contributed by atoms with Gasteiger partial charge in [-0.15, -0.1) is 6.58 Å². The van der Waals surface area contributed by atoms with E-state index in [1.54, 1.807) is 0 Å². The highest BCUT2D eigenvalue weighted by Crippen LogP contribution is 2.48. The molecule has 1 rings (SSSR count). The van der Waals surface area contributed by atoms with Crippen LogP contribution in [0.25, 0.3) is 0 Å². The number of allylic oxidation sites excluding steroid dienone is 3. The average Bonchev–Trinajstić information content (AvgIpc) is 2.17. The third kappa shape index (κ3) is 2.06. The molecule has 0 aromatic heterocycles. The second-order valence-electron chi connectivity index (χ2n) is 5.74. The molecule has 2 unspecified atom stereocenters. The minimum atomic E-state index is -0.705. The summed E-state index contributed by atoms with van der Waals surface area (Å²) in [5.41, 5.74) is -0.885. The molecule has 2 heteroatoms. The zero-order valence-electron chi connectivity index (χ0n) is 10.7. The smallest absolute Gasteiger partial charge is 0.310 e. The van der Waals surface area contributed by atoms with Crippen LogP contribution in [-0.4, -0.2) is 11.1 Å². The maximum Gasteiger partial charge on any atom is 0.310 e. The van der Waals surface area contributed by atoms with Gasteiger partial charge in [-0.05, 0) is 25.2 Å². The van der Waals surface area contributed by atoms with Crippen molar-refractivity contribution in [1.82, 2.24) is 0 Å². The van der Waals surface area contributed by atoms with Crippen molar-refractivity contribution in [3.63, 3.8) is 0 Å². The lowest BCUT2D eigenvalue weighted by Gasteiger charge is -2.43. The predicted molar refractivity (Wildman–Crippen MR) is 66.1 cm³/mol. The van der Waals surface area contributed by atoms with E-state index in [-0.39, 0.29) is 11.3 Å². The highest BCUT2D eigenvalue weighted by molar-refractivity contribution is 5.75. The van der Waals surface area contributed by atoms with Gasteiger partial charge >= 0.3 is 5.97 Å². The summed E-state index contributed by atoms with van der Waals surface area (Å²) in [7, 11) is 0. The number of aliphatic carboxylic acids is 1. The van der Waals surface area contributed by atoms with Crippen LogP contribution in [-0.2, 0) is 4.79 Å². The summed E-state index contributed by atoms with van der Waals surface area (Å²) < 4.78 is 0. The average molecular weight is 222 g/mol. The van der Waals surface area contributed by atoms with Crippen molar-refractivity contribution in [2.24, 2.45) is 22.7 Å². The molecule has 0 bridgehead atoms. The van der Waals surface area contributed by atoms with Crippen LogP contribution < -0.4 is 0 Å². The van der Waals surface area contributed by atoms with E-state index >= 15 is 0 Å². The van der Waals surface area contributed by atoms with Crippen LogP contribution in [0.5, 0.6) is 0 Å². The fourth-order valence-electron chi connectivity index (χ4n) is 2.82. The first kappa shape index (κ1) is 13.0. The number of carboxylic acids is 1. The normalized spacial score (nSPS) is 38.7. The molecule has 0 amide bonds. The quantitative estimate of drug-likeness (QED) is 0.742. The third-order valence-corrected chi connectivity index (χ3v) is 3.84. The SMILES string of the molecule is C=CC1(C)C=CC(C(C)C)[C@](C)(C(=O)O)C1. The monoisotopic (exact) mass is 222 g/mol. The fourth-order valence-corrected chi connectivity index (χ4v) is 2.82. The van der Waals surface area contributed by atoms with Gasteiger partial charge in [0.1, 0.15) is 0 Å². The predicted octanol–water partition coefficient (Wildman–Crippen LogP) is 3.50. The van der Waals surface area contributed by atoms with Gasteiger partial charge in [0.25, 0.3) is 0 Å². The molecule has 0 saturated carbocycles. The van der Waals surface area contributed by atoms with Crippen molar-refractivity contribution in [3.8, 4) is 0 Å². The van der Waals surface area contributed by atoms with Gasteiger partial charge in [-0.1, -0.05) is 39.0 Å². The van der Waals surface area contributed by atoms with Gasteiger partial charge < -0.3 is 5.11 Å². The highest BCUT2D eigenvalue weighted by atomic mass is 16.4. The van der Waals surface area contributed by atoms with E-state index in [0.29, 0.717) is 12.3 Å². The Morgan fingerprint density at radius 2 is 2.12 bits per heavy atom. The van der Waals surface area contributed by atoms with Crippen LogP contribution in [0.15, 0.2) is 24.8 Å². The summed E-state index contributed by atoms with van der Waals surface area (Å²) in [6.45, 7) is 11.8. The molecule has 0 radical (unpaired) electrons. The van der Waals surface area contributed by atoms with Crippen LogP contribution in [0.2, 0.25) is 0 Å². The van der Waals surface area contributed by atoms with Crippen molar-refractivity contribution in [2.75, 3.05) is 0 Å². The summed E-state index contributed by atoms with van der Waals surface area (Å²) in [6.07, 6.45) is 6.64. The topological polar surface area (TPSA) is 37.3 Å². The standard InChI is InChI=1S/C14H22O2/c1-6-13(4)8-7-11(10(2)3)14(5,9-13)12(15)16/h6-8,10-11H,1,9H2,2-5H3,(H,15,16)/t11?,13?,14-/m1/s1. The van der Waals surface area contributed by atoms with Crippen LogP contribution >= 0.6 is 0 Å². The van der Waals surface area contributed by atoms with Crippen LogP contribution in [0.1, 0.15) is 34.1 Å². The number of carboxylic acid groups (broad SMARTS) is 1. The molecular formula is C14H22O2. The number of carbonyl (C=O) groups is 1. The lowest BCUT2D eigenvalue weighted by Crippen LogP contribution is -2.43. The minimum absolute atomic E-state index is 0.0954. The third-order valence-electron chi connectivity index (χ3n) is 3.84. The Labute approximate surface area is 98.1 Å². The zero-order valence-corrected chi connectivity index (χ0v) is 10.7. The van der Waals surface area contributed by atoms with Crippen LogP contribution in [0.3, 0.4) is 0 Å². The highest BCUT2D eigenvalue weighted by Gasteiger charge is 2.47. The van der Waals surface area contributed by atoms with Gasteiger partial charge in [0.2, 0.25) is 0 Å². The molecule has 0 aliphatic heterocycles. The van der Waals surface area contributed by atoms with Crippen molar-refractivity contribution in [1.29, 1.82) is 0 Å². The molecule has 0 fully saturated rings.